The van der Waals surface area contributed by atoms with Crippen LogP contribution in [0.15, 0.2) is 17.0 Å². The minimum absolute atomic E-state index is 0.214. The smallest absolute Gasteiger partial charge is 0.346 e. The predicted octanol–water partition coefficient (Wildman–Crippen LogP) is -0.648. The molecular weight excluding hydrogens is 106 g/mol. The van der Waals surface area contributed by atoms with Crippen molar-refractivity contribution in [3.8, 4) is 0 Å². The Labute approximate surface area is 48.2 Å². The van der Waals surface area contributed by atoms with Crippen LogP contribution >= 0.6 is 0 Å². The third-order valence-electron chi connectivity index (χ3n) is 0.582. The van der Waals surface area contributed by atoms with Crippen molar-refractivity contribution in [3.63, 3.8) is 0 Å². The first-order chi connectivity index (χ1) is 4.61. The van der Waals surface area contributed by atoms with Gasteiger partial charge in [0.05, 0.1) is 2.74 Å². The Balaban J connectivity index is 3.46. The fourth-order valence-electron chi connectivity index (χ4n) is 0.314. The molecule has 0 atom stereocenters. The van der Waals surface area contributed by atoms with Crippen LogP contribution in [0.1, 0.15) is 2.74 Å². The predicted molar refractivity (Wildman–Crippen MR) is 29.3 cm³/mol. The van der Waals surface area contributed by atoms with E-state index < -0.39 is 5.69 Å². The Morgan fingerprint density at radius 3 is 3.38 bits per heavy atom. The van der Waals surface area contributed by atoms with E-state index in [2.05, 4.69) is 4.98 Å². The molecule has 8 heavy (non-hydrogen) atoms. The van der Waals surface area contributed by atoms with Crippen LogP contribution < -0.4 is 11.4 Å². The number of nitrogens with one attached hydrogen (secondary N) is 1. The van der Waals surface area contributed by atoms with Crippen molar-refractivity contribution in [2.24, 2.45) is 0 Å². The monoisotopic (exact) mass is 113 g/mol. The van der Waals surface area contributed by atoms with Gasteiger partial charge in [0, 0.05) is 6.17 Å². The Kier molecular flexibility index (Phi) is 0.590. The maximum Gasteiger partial charge on any atom is 0.346 e. The van der Waals surface area contributed by atoms with E-state index in [9.17, 15) is 4.79 Å². The molecule has 0 bridgehead atoms. The molecule has 0 aliphatic rings. The number of anilines is 1. The maximum absolute atomic E-state index is 10.4. The molecule has 0 spiro atoms. The van der Waals surface area contributed by atoms with Crippen molar-refractivity contribution in [3.05, 3.63) is 22.7 Å². The van der Waals surface area contributed by atoms with Crippen molar-refractivity contribution in [2.45, 2.75) is 0 Å². The summed E-state index contributed by atoms with van der Waals surface area (Å²) in [4.78, 5) is 15.6. The minimum Gasteiger partial charge on any atom is -0.383 e. The highest BCUT2D eigenvalue weighted by Crippen LogP contribution is 1.82. The molecule has 1 aromatic rings. The molecule has 1 rings (SSSR count). The number of hydrogen-bond donors (Lipinski definition) is 2. The van der Waals surface area contributed by atoms with Crippen molar-refractivity contribution < 1.29 is 2.74 Å². The fourth-order valence-corrected chi connectivity index (χ4v) is 0.314. The summed E-state index contributed by atoms with van der Waals surface area (Å²) >= 11 is 0. The van der Waals surface area contributed by atoms with Crippen molar-refractivity contribution >= 4 is 5.82 Å². The number of nitrogen functional groups attached to an aromatic ring is 1. The highest BCUT2D eigenvalue weighted by Gasteiger charge is 1.81. The lowest BCUT2D eigenvalue weighted by molar-refractivity contribution is 1.08. The average Bonchev–Trinajstić information content (AvgIpc) is 1.82. The number of aromatic amines is 1. The van der Waals surface area contributed by atoms with Gasteiger partial charge < -0.3 is 10.7 Å². The SMILES string of the molecule is [2H]c1[nH]c(=O)nc(N)c1[2H]. The van der Waals surface area contributed by atoms with Crippen LogP contribution in [0.5, 0.6) is 0 Å². The molecule has 42 valence electrons. The summed E-state index contributed by atoms with van der Waals surface area (Å²) in [5, 5.41) is 0. The Morgan fingerprint density at radius 2 is 2.75 bits per heavy atom. The van der Waals surface area contributed by atoms with Crippen LogP contribution in [0.4, 0.5) is 5.82 Å². The summed E-state index contributed by atoms with van der Waals surface area (Å²) in [6.07, 6.45) is -0.308. The van der Waals surface area contributed by atoms with E-state index in [0.29, 0.717) is 0 Å². The van der Waals surface area contributed by atoms with Gasteiger partial charge >= 0.3 is 5.69 Å². The molecular formula is C4H5N3O. The van der Waals surface area contributed by atoms with Gasteiger partial charge in [0.15, 0.2) is 0 Å². The molecule has 0 saturated carbocycles. The van der Waals surface area contributed by atoms with Crippen molar-refractivity contribution in [2.75, 3.05) is 5.73 Å². The van der Waals surface area contributed by atoms with Crippen molar-refractivity contribution in [1.82, 2.24) is 9.97 Å². The normalized spacial score (nSPS) is 12.5. The van der Waals surface area contributed by atoms with Gasteiger partial charge in [0.1, 0.15) is 5.82 Å². The van der Waals surface area contributed by atoms with E-state index in [1.54, 1.807) is 0 Å². The molecule has 0 radical (unpaired) electrons. The summed E-state index contributed by atoms with van der Waals surface area (Å²) in [7, 11) is 0. The topological polar surface area (TPSA) is 71.8 Å². The summed E-state index contributed by atoms with van der Waals surface area (Å²) in [5.41, 5.74) is 4.39. The average molecular weight is 113 g/mol. The van der Waals surface area contributed by atoms with Gasteiger partial charge in [0.2, 0.25) is 0 Å². The first kappa shape index (κ1) is 2.86. The summed E-state index contributed by atoms with van der Waals surface area (Å²) in [6.45, 7) is 0. The molecule has 4 heteroatoms. The second kappa shape index (κ2) is 1.65. The number of nitrogens with zero attached hydrogens (tertiary/aromatic N) is 1. The summed E-state index contributed by atoms with van der Waals surface area (Å²) in [6, 6.07) is -0.250. The lowest BCUT2D eigenvalue weighted by atomic mass is 10.6. The van der Waals surface area contributed by atoms with Gasteiger partial charge in [-0.15, -0.1) is 0 Å². The highest BCUT2D eigenvalue weighted by molar-refractivity contribution is 5.22. The zero-order valence-corrected chi connectivity index (χ0v) is 3.93. The molecule has 0 amide bonds. The Morgan fingerprint density at radius 1 is 2.00 bits per heavy atom. The van der Waals surface area contributed by atoms with Gasteiger partial charge in [-0.05, 0) is 6.04 Å². The first-order valence-electron chi connectivity index (χ1n) is 2.94. The van der Waals surface area contributed by atoms with Crippen LogP contribution in [0.2, 0.25) is 0 Å². The van der Waals surface area contributed by atoms with Gasteiger partial charge in [0.25, 0.3) is 0 Å². The van der Waals surface area contributed by atoms with Crippen LogP contribution in [-0.2, 0) is 0 Å². The van der Waals surface area contributed by atoms with E-state index >= 15 is 0 Å². The van der Waals surface area contributed by atoms with Gasteiger partial charge in [-0.25, -0.2) is 4.79 Å². The zero-order chi connectivity index (χ0) is 7.72. The van der Waals surface area contributed by atoms with E-state index in [-0.39, 0.29) is 18.0 Å². The van der Waals surface area contributed by atoms with Gasteiger partial charge in [-0.2, -0.15) is 4.98 Å². The van der Waals surface area contributed by atoms with Crippen LogP contribution in [-0.4, -0.2) is 9.97 Å². The van der Waals surface area contributed by atoms with E-state index in [1.807, 2.05) is 4.98 Å². The van der Waals surface area contributed by atoms with Crippen molar-refractivity contribution in [1.29, 1.82) is 0 Å². The molecule has 0 aliphatic carbocycles. The molecule has 0 aliphatic heterocycles. The number of hydrogen-bond acceptors (Lipinski definition) is 3. The molecule has 1 heterocycles. The lowest BCUT2D eigenvalue weighted by Gasteiger charge is -1.83. The van der Waals surface area contributed by atoms with Gasteiger partial charge in [-0.3, -0.25) is 0 Å². The van der Waals surface area contributed by atoms with Crippen LogP contribution in [0.3, 0.4) is 0 Å². The molecule has 1 aromatic heterocycles. The second-order valence-corrected chi connectivity index (χ2v) is 1.18. The standard InChI is InChI=1S/C4H5N3O/c5-3-1-2-6-4(8)7-3/h1-2H,(H3,5,6,7,8)/i1D,2D. The number of H-pyrrole nitrogens is 1. The second-order valence-electron chi connectivity index (χ2n) is 1.18. The fraction of sp³-hybridized carbons (Fsp3) is 0. The molecule has 0 unspecified atom stereocenters. The number of aromatic nitrogens is 2. The quantitative estimate of drug-likeness (QED) is 0.469. The van der Waals surface area contributed by atoms with Gasteiger partial charge in [-0.1, -0.05) is 0 Å². The molecule has 4 nitrogen and oxygen atoms in total. The van der Waals surface area contributed by atoms with E-state index in [0.717, 1.165) is 0 Å². The van der Waals surface area contributed by atoms with Crippen LogP contribution in [0, 0.1) is 0 Å². The van der Waals surface area contributed by atoms with E-state index in [1.165, 1.54) is 0 Å². The zero-order valence-electron chi connectivity index (χ0n) is 5.93. The molecule has 0 fully saturated rings. The molecule has 3 N–H and O–H groups in total. The Hall–Kier alpha value is -1.32. The molecule has 0 aromatic carbocycles. The highest BCUT2D eigenvalue weighted by atomic mass is 16.1. The van der Waals surface area contributed by atoms with E-state index in [4.69, 9.17) is 8.48 Å². The third-order valence-corrected chi connectivity index (χ3v) is 0.582. The number of nitrogens with two attached hydrogens (primary N) is 1. The molecule has 0 saturated heterocycles. The lowest BCUT2D eigenvalue weighted by Crippen LogP contribution is -2.10. The first-order valence-corrected chi connectivity index (χ1v) is 1.94. The Bertz CT molecular complexity index is 282. The minimum atomic E-state index is -0.696. The largest absolute Gasteiger partial charge is 0.383 e. The van der Waals surface area contributed by atoms with Crippen LogP contribution in [0.25, 0.3) is 0 Å². The summed E-state index contributed by atoms with van der Waals surface area (Å²) < 4.78 is 13.9. The summed E-state index contributed by atoms with van der Waals surface area (Å²) in [5.74, 6) is -0.214. The number of rotatable bonds is 0. The maximum atomic E-state index is 10.4. The third kappa shape index (κ3) is 0.841.